The van der Waals surface area contributed by atoms with E-state index in [0.29, 0.717) is 23.1 Å². The van der Waals surface area contributed by atoms with Crippen LogP contribution in [0.4, 0.5) is 18.9 Å². The van der Waals surface area contributed by atoms with Crippen LogP contribution in [0, 0.1) is 0 Å². The van der Waals surface area contributed by atoms with Crippen molar-refractivity contribution in [3.63, 3.8) is 0 Å². The van der Waals surface area contributed by atoms with Crippen LogP contribution in [0.15, 0.2) is 60.8 Å². The molecule has 2 aromatic carbocycles. The van der Waals surface area contributed by atoms with Crippen LogP contribution in [0.3, 0.4) is 0 Å². The molecule has 0 aliphatic rings. The summed E-state index contributed by atoms with van der Waals surface area (Å²) in [7, 11) is 0. The molecule has 0 fully saturated rings. The molecule has 3 rings (SSSR count). The van der Waals surface area contributed by atoms with Crippen LogP contribution in [-0.2, 0) is 12.7 Å². The second-order valence-corrected chi connectivity index (χ2v) is 4.93. The molecule has 0 radical (unpaired) electrons. The molecular formula is C17H13F3N2. The van der Waals surface area contributed by atoms with Gasteiger partial charge in [0, 0.05) is 23.8 Å². The summed E-state index contributed by atoms with van der Waals surface area (Å²) in [6.45, 7) is 0.538. The fourth-order valence-corrected chi connectivity index (χ4v) is 2.27. The molecule has 0 unspecified atom stereocenters. The first-order valence-electron chi connectivity index (χ1n) is 6.78. The van der Waals surface area contributed by atoms with Crippen LogP contribution in [0.5, 0.6) is 0 Å². The Morgan fingerprint density at radius 1 is 0.955 bits per heavy atom. The molecule has 0 saturated carbocycles. The topological polar surface area (TPSA) is 24.9 Å². The van der Waals surface area contributed by atoms with Gasteiger partial charge in [0.25, 0.3) is 0 Å². The fourth-order valence-electron chi connectivity index (χ4n) is 2.27. The summed E-state index contributed by atoms with van der Waals surface area (Å²) in [6.07, 6.45) is -2.77. The number of hydrogen-bond donors (Lipinski definition) is 1. The van der Waals surface area contributed by atoms with E-state index in [4.69, 9.17) is 0 Å². The Morgan fingerprint density at radius 3 is 2.45 bits per heavy atom. The van der Waals surface area contributed by atoms with E-state index in [-0.39, 0.29) is 0 Å². The SMILES string of the molecule is FC(F)(F)c1ccc2nccc(NCc3ccccc3)c2c1. The molecule has 22 heavy (non-hydrogen) atoms. The zero-order valence-corrected chi connectivity index (χ0v) is 11.6. The maximum Gasteiger partial charge on any atom is 0.416 e. The van der Waals surface area contributed by atoms with Gasteiger partial charge in [-0.2, -0.15) is 13.2 Å². The Kier molecular flexibility index (Phi) is 3.71. The largest absolute Gasteiger partial charge is 0.416 e. The number of aromatic nitrogens is 1. The van der Waals surface area contributed by atoms with Crippen LogP contribution in [0.25, 0.3) is 10.9 Å². The highest BCUT2D eigenvalue weighted by Gasteiger charge is 2.30. The number of nitrogens with one attached hydrogen (secondary N) is 1. The van der Waals surface area contributed by atoms with Gasteiger partial charge >= 0.3 is 6.18 Å². The maximum absolute atomic E-state index is 12.9. The Labute approximate surface area is 125 Å². The minimum Gasteiger partial charge on any atom is -0.380 e. The lowest BCUT2D eigenvalue weighted by molar-refractivity contribution is -0.137. The number of pyridine rings is 1. The predicted octanol–water partition coefficient (Wildman–Crippen LogP) is 4.87. The first kappa shape index (κ1) is 14.4. The van der Waals surface area contributed by atoms with Crippen LogP contribution in [0.2, 0.25) is 0 Å². The predicted molar refractivity (Wildman–Crippen MR) is 80.5 cm³/mol. The summed E-state index contributed by atoms with van der Waals surface area (Å²) in [5.74, 6) is 0. The Bertz CT molecular complexity index is 783. The van der Waals surface area contributed by atoms with Crippen molar-refractivity contribution in [1.82, 2.24) is 4.98 Å². The number of alkyl halides is 3. The van der Waals surface area contributed by atoms with Gasteiger partial charge in [-0.25, -0.2) is 0 Å². The summed E-state index contributed by atoms with van der Waals surface area (Å²) < 4.78 is 38.6. The zero-order chi connectivity index (χ0) is 15.6. The second kappa shape index (κ2) is 5.67. The van der Waals surface area contributed by atoms with Crippen molar-refractivity contribution in [3.8, 4) is 0 Å². The van der Waals surface area contributed by atoms with Gasteiger partial charge in [-0.3, -0.25) is 4.98 Å². The van der Waals surface area contributed by atoms with Gasteiger partial charge in [0.05, 0.1) is 11.1 Å². The summed E-state index contributed by atoms with van der Waals surface area (Å²) in [6, 6.07) is 14.9. The van der Waals surface area contributed by atoms with Gasteiger partial charge in [-0.15, -0.1) is 0 Å². The average Bonchev–Trinajstić information content (AvgIpc) is 2.52. The molecule has 1 aromatic heterocycles. The highest BCUT2D eigenvalue weighted by atomic mass is 19.4. The highest BCUT2D eigenvalue weighted by Crippen LogP contribution is 2.33. The third-order valence-corrected chi connectivity index (χ3v) is 3.39. The molecule has 112 valence electrons. The van der Waals surface area contributed by atoms with Crippen molar-refractivity contribution < 1.29 is 13.2 Å². The first-order valence-corrected chi connectivity index (χ1v) is 6.78. The monoisotopic (exact) mass is 302 g/mol. The summed E-state index contributed by atoms with van der Waals surface area (Å²) >= 11 is 0. The molecule has 0 amide bonds. The zero-order valence-electron chi connectivity index (χ0n) is 11.6. The van der Waals surface area contributed by atoms with E-state index < -0.39 is 11.7 Å². The van der Waals surface area contributed by atoms with Gasteiger partial charge in [0.2, 0.25) is 0 Å². The summed E-state index contributed by atoms with van der Waals surface area (Å²) in [5.41, 5.74) is 1.56. The van der Waals surface area contributed by atoms with Gasteiger partial charge in [0.1, 0.15) is 0 Å². The molecule has 0 aliphatic heterocycles. The van der Waals surface area contributed by atoms with Crippen molar-refractivity contribution in [1.29, 1.82) is 0 Å². The smallest absolute Gasteiger partial charge is 0.380 e. The molecule has 2 nitrogen and oxygen atoms in total. The molecule has 1 heterocycles. The van der Waals surface area contributed by atoms with Gasteiger partial charge in [0.15, 0.2) is 0 Å². The lowest BCUT2D eigenvalue weighted by Crippen LogP contribution is -2.05. The van der Waals surface area contributed by atoms with Crippen LogP contribution in [0.1, 0.15) is 11.1 Å². The Balaban J connectivity index is 1.95. The summed E-state index contributed by atoms with van der Waals surface area (Å²) in [5, 5.41) is 3.64. The molecular weight excluding hydrogens is 289 g/mol. The number of anilines is 1. The van der Waals surface area contributed by atoms with E-state index in [2.05, 4.69) is 10.3 Å². The van der Waals surface area contributed by atoms with Crippen LogP contribution < -0.4 is 5.32 Å². The number of halogens is 3. The van der Waals surface area contributed by atoms with Gasteiger partial charge in [-0.1, -0.05) is 30.3 Å². The van der Waals surface area contributed by atoms with E-state index in [1.54, 1.807) is 12.3 Å². The maximum atomic E-state index is 12.9. The third kappa shape index (κ3) is 3.03. The Morgan fingerprint density at radius 2 is 1.73 bits per heavy atom. The number of nitrogens with zero attached hydrogens (tertiary/aromatic N) is 1. The standard InChI is InChI=1S/C17H13F3N2/c18-17(19,20)13-6-7-15-14(10-13)16(8-9-21-15)22-11-12-4-2-1-3-5-12/h1-10H,11H2,(H,21,22). The molecule has 3 aromatic rings. The normalized spacial score (nSPS) is 11.6. The van der Waals surface area contributed by atoms with Crippen molar-refractivity contribution in [2.75, 3.05) is 5.32 Å². The Hall–Kier alpha value is -2.56. The molecule has 0 bridgehead atoms. The van der Waals surface area contributed by atoms with E-state index in [1.807, 2.05) is 30.3 Å². The first-order chi connectivity index (χ1) is 10.5. The minimum absolute atomic E-state index is 0.466. The highest BCUT2D eigenvalue weighted by molar-refractivity contribution is 5.91. The number of hydrogen-bond acceptors (Lipinski definition) is 2. The van der Waals surface area contributed by atoms with E-state index in [0.717, 1.165) is 17.7 Å². The second-order valence-electron chi connectivity index (χ2n) is 4.93. The molecule has 5 heteroatoms. The number of benzene rings is 2. The number of fused-ring (bicyclic) bond motifs is 1. The number of rotatable bonds is 3. The van der Waals surface area contributed by atoms with Gasteiger partial charge in [-0.05, 0) is 29.8 Å². The van der Waals surface area contributed by atoms with Crippen molar-refractivity contribution in [2.24, 2.45) is 0 Å². The van der Waals surface area contributed by atoms with Crippen LogP contribution >= 0.6 is 0 Å². The van der Waals surface area contributed by atoms with Crippen molar-refractivity contribution in [3.05, 3.63) is 71.9 Å². The van der Waals surface area contributed by atoms with Gasteiger partial charge < -0.3 is 5.32 Å². The van der Waals surface area contributed by atoms with Crippen molar-refractivity contribution >= 4 is 16.6 Å². The quantitative estimate of drug-likeness (QED) is 0.747. The third-order valence-electron chi connectivity index (χ3n) is 3.39. The van der Waals surface area contributed by atoms with E-state index in [1.165, 1.54) is 6.07 Å². The summed E-state index contributed by atoms with van der Waals surface area (Å²) in [4.78, 5) is 4.11. The lowest BCUT2D eigenvalue weighted by atomic mass is 10.1. The minimum atomic E-state index is -4.36. The van der Waals surface area contributed by atoms with Crippen molar-refractivity contribution in [2.45, 2.75) is 12.7 Å². The van der Waals surface area contributed by atoms with E-state index in [9.17, 15) is 13.2 Å². The molecule has 1 N–H and O–H groups in total. The molecule has 0 saturated heterocycles. The van der Waals surface area contributed by atoms with Crippen LogP contribution in [-0.4, -0.2) is 4.98 Å². The molecule has 0 atom stereocenters. The lowest BCUT2D eigenvalue weighted by Gasteiger charge is -2.12. The fraction of sp³-hybridized carbons (Fsp3) is 0.118. The average molecular weight is 302 g/mol. The molecule has 0 spiro atoms. The van der Waals surface area contributed by atoms with E-state index >= 15 is 0 Å². The molecule has 0 aliphatic carbocycles.